The zero-order chi connectivity index (χ0) is 21.9. The number of nitrogens with zero attached hydrogens (tertiary/aromatic N) is 1. The molecule has 7 nitrogen and oxygen atoms in total. The van der Waals surface area contributed by atoms with Crippen LogP contribution in [0, 0.1) is 0 Å². The van der Waals surface area contributed by atoms with Crippen LogP contribution in [0.1, 0.15) is 31.9 Å². The van der Waals surface area contributed by atoms with Crippen LogP contribution in [0.15, 0.2) is 60.7 Å². The van der Waals surface area contributed by atoms with Crippen LogP contribution in [0.4, 0.5) is 4.79 Å². The first-order valence-electron chi connectivity index (χ1n) is 10.0. The number of nitrogens with one attached hydrogen (secondary N) is 3. The maximum atomic E-state index is 13.6. The fourth-order valence-corrected chi connectivity index (χ4v) is 3.72. The lowest BCUT2D eigenvalue weighted by molar-refractivity contribution is -0.879. The molecule has 158 valence electrons. The van der Waals surface area contributed by atoms with Crippen molar-refractivity contribution in [2.24, 2.45) is 0 Å². The molecular formula is C23H29N4O3+. The van der Waals surface area contributed by atoms with Crippen molar-refractivity contribution in [3.05, 3.63) is 71.8 Å². The van der Waals surface area contributed by atoms with E-state index in [9.17, 15) is 14.4 Å². The Morgan fingerprint density at radius 2 is 1.50 bits per heavy atom. The maximum Gasteiger partial charge on any atom is 0.330 e. The Hall–Kier alpha value is -3.19. The number of likely N-dealkylation sites (N-methyl/N-ethyl adjacent to an activating group) is 1. The second-order valence-electron chi connectivity index (χ2n) is 8.74. The summed E-state index contributed by atoms with van der Waals surface area (Å²) in [6.45, 7) is 5.96. The number of benzene rings is 2. The fraction of sp³-hybridized carbons (Fsp3) is 0.348. The molecule has 0 radical (unpaired) electrons. The van der Waals surface area contributed by atoms with E-state index in [1.807, 2.05) is 81.4 Å². The van der Waals surface area contributed by atoms with Crippen molar-refractivity contribution in [3.63, 3.8) is 0 Å². The van der Waals surface area contributed by atoms with Crippen molar-refractivity contribution < 1.29 is 19.3 Å². The first kappa shape index (κ1) is 21.5. The van der Waals surface area contributed by atoms with Gasteiger partial charge in [0.2, 0.25) is 0 Å². The minimum atomic E-state index is -1.28. The zero-order valence-corrected chi connectivity index (χ0v) is 17.9. The second kappa shape index (κ2) is 8.28. The molecule has 0 spiro atoms. The summed E-state index contributed by atoms with van der Waals surface area (Å²) >= 11 is 0. The van der Waals surface area contributed by atoms with Crippen molar-refractivity contribution in [2.75, 3.05) is 20.3 Å². The molecule has 0 aliphatic carbocycles. The number of urea groups is 1. The maximum absolute atomic E-state index is 13.6. The number of carbonyl (C=O) groups is 3. The molecule has 4 amide bonds. The summed E-state index contributed by atoms with van der Waals surface area (Å²) in [7, 11) is 1.79. The SMILES string of the molecule is C[NH+](CC(=O)NC(C)(C)C)CN1C(=O)NC(c2ccccc2)(c2ccccc2)C1=O. The zero-order valence-electron chi connectivity index (χ0n) is 17.9. The third-order valence-corrected chi connectivity index (χ3v) is 4.92. The van der Waals surface area contributed by atoms with Gasteiger partial charge in [-0.25, -0.2) is 9.69 Å². The molecule has 0 saturated carbocycles. The van der Waals surface area contributed by atoms with Crippen LogP contribution in [0.3, 0.4) is 0 Å². The smallest absolute Gasteiger partial charge is 0.330 e. The van der Waals surface area contributed by atoms with E-state index in [0.29, 0.717) is 11.1 Å². The highest BCUT2D eigenvalue weighted by Crippen LogP contribution is 2.35. The lowest BCUT2D eigenvalue weighted by atomic mass is 9.83. The van der Waals surface area contributed by atoms with Crippen LogP contribution in [-0.4, -0.2) is 48.5 Å². The molecule has 2 aromatic carbocycles. The van der Waals surface area contributed by atoms with Crippen molar-refractivity contribution >= 4 is 17.8 Å². The van der Waals surface area contributed by atoms with Gasteiger partial charge in [0.15, 0.2) is 18.8 Å². The van der Waals surface area contributed by atoms with Gasteiger partial charge in [0.1, 0.15) is 0 Å². The third-order valence-electron chi connectivity index (χ3n) is 4.92. The van der Waals surface area contributed by atoms with E-state index in [0.717, 1.165) is 4.90 Å². The molecule has 1 fully saturated rings. The molecule has 2 aromatic rings. The highest BCUT2D eigenvalue weighted by atomic mass is 16.2. The molecule has 1 aliphatic rings. The monoisotopic (exact) mass is 409 g/mol. The number of hydrogen-bond acceptors (Lipinski definition) is 3. The van der Waals surface area contributed by atoms with Crippen LogP contribution in [-0.2, 0) is 15.1 Å². The molecular weight excluding hydrogens is 380 g/mol. The Bertz CT molecular complexity index is 883. The first-order chi connectivity index (χ1) is 14.1. The Morgan fingerprint density at radius 1 is 1.00 bits per heavy atom. The van der Waals surface area contributed by atoms with Crippen LogP contribution in [0.25, 0.3) is 0 Å². The molecule has 3 N–H and O–H groups in total. The minimum absolute atomic E-state index is 0.0870. The van der Waals surface area contributed by atoms with E-state index in [-0.39, 0.29) is 30.6 Å². The van der Waals surface area contributed by atoms with Gasteiger partial charge >= 0.3 is 6.03 Å². The third kappa shape index (κ3) is 4.36. The van der Waals surface area contributed by atoms with Gasteiger partial charge in [-0.05, 0) is 31.9 Å². The summed E-state index contributed by atoms with van der Waals surface area (Å²) < 4.78 is 0. The van der Waals surface area contributed by atoms with Gasteiger partial charge in [0.25, 0.3) is 11.8 Å². The number of rotatable bonds is 6. The summed E-state index contributed by atoms with van der Waals surface area (Å²) in [5.41, 5.74) is -0.234. The average Bonchev–Trinajstić information content (AvgIpc) is 2.93. The minimum Gasteiger partial charge on any atom is -0.347 e. The van der Waals surface area contributed by atoms with E-state index < -0.39 is 11.6 Å². The molecule has 1 saturated heterocycles. The number of imide groups is 1. The standard InChI is InChI=1S/C23H28N4O3/c1-22(2,3)24-19(28)15-26(4)16-27-20(29)23(25-21(27)30,17-11-7-5-8-12-17)18-13-9-6-10-14-18/h5-14H,15-16H2,1-4H3,(H,24,28)(H,25,30)/p+1. The quantitative estimate of drug-likeness (QED) is 0.619. The average molecular weight is 410 g/mol. The summed E-state index contributed by atoms with van der Waals surface area (Å²) in [5.74, 6) is -0.482. The predicted octanol–water partition coefficient (Wildman–Crippen LogP) is 0.869. The predicted molar refractivity (Wildman–Crippen MR) is 114 cm³/mol. The van der Waals surface area contributed by atoms with E-state index in [4.69, 9.17) is 0 Å². The van der Waals surface area contributed by atoms with E-state index >= 15 is 0 Å². The summed E-state index contributed by atoms with van der Waals surface area (Å²) in [6, 6.07) is 18.0. The summed E-state index contributed by atoms with van der Waals surface area (Å²) in [6.07, 6.45) is 0. The van der Waals surface area contributed by atoms with Gasteiger partial charge < -0.3 is 15.5 Å². The van der Waals surface area contributed by atoms with Crippen molar-refractivity contribution in [1.82, 2.24) is 15.5 Å². The van der Waals surface area contributed by atoms with Gasteiger partial charge in [0, 0.05) is 5.54 Å². The number of carbonyl (C=O) groups excluding carboxylic acids is 3. The Kier molecular flexibility index (Phi) is 5.94. The number of hydrogen-bond donors (Lipinski definition) is 3. The van der Waals surface area contributed by atoms with E-state index in [1.54, 1.807) is 7.05 Å². The van der Waals surface area contributed by atoms with Gasteiger partial charge in [-0.3, -0.25) is 9.59 Å². The Balaban J connectivity index is 1.86. The van der Waals surface area contributed by atoms with Gasteiger partial charge in [-0.2, -0.15) is 0 Å². The first-order valence-corrected chi connectivity index (χ1v) is 10.0. The summed E-state index contributed by atoms with van der Waals surface area (Å²) in [5, 5.41) is 5.82. The largest absolute Gasteiger partial charge is 0.347 e. The Morgan fingerprint density at radius 3 is 1.97 bits per heavy atom. The topological polar surface area (TPSA) is 82.9 Å². The van der Waals surface area contributed by atoms with Crippen LogP contribution in [0.2, 0.25) is 0 Å². The van der Waals surface area contributed by atoms with Crippen LogP contribution < -0.4 is 15.5 Å². The lowest BCUT2D eigenvalue weighted by Gasteiger charge is -2.28. The molecule has 0 aromatic heterocycles. The highest BCUT2D eigenvalue weighted by Gasteiger charge is 2.54. The molecule has 0 bridgehead atoms. The molecule has 3 rings (SSSR count). The molecule has 1 unspecified atom stereocenters. The number of amides is 4. The lowest BCUT2D eigenvalue weighted by Crippen LogP contribution is -3.12. The molecule has 1 aliphatic heterocycles. The van der Waals surface area contributed by atoms with Gasteiger partial charge in [0.05, 0.1) is 7.05 Å². The normalized spacial score (nSPS) is 16.9. The fourth-order valence-electron chi connectivity index (χ4n) is 3.72. The van der Waals surface area contributed by atoms with Crippen molar-refractivity contribution in [1.29, 1.82) is 0 Å². The van der Waals surface area contributed by atoms with Gasteiger partial charge in [-0.1, -0.05) is 60.7 Å². The molecule has 1 atom stereocenters. The number of quaternary nitrogens is 1. The molecule has 1 heterocycles. The van der Waals surface area contributed by atoms with Crippen molar-refractivity contribution in [3.8, 4) is 0 Å². The van der Waals surface area contributed by atoms with Crippen molar-refractivity contribution in [2.45, 2.75) is 31.8 Å². The van der Waals surface area contributed by atoms with Crippen LogP contribution in [0.5, 0.6) is 0 Å². The molecule has 30 heavy (non-hydrogen) atoms. The second-order valence-corrected chi connectivity index (χ2v) is 8.74. The van der Waals surface area contributed by atoms with E-state index in [1.165, 1.54) is 4.90 Å². The highest BCUT2D eigenvalue weighted by molar-refractivity contribution is 6.09. The summed E-state index contributed by atoms with van der Waals surface area (Å²) in [4.78, 5) is 40.7. The van der Waals surface area contributed by atoms with Crippen LogP contribution >= 0.6 is 0 Å². The molecule has 7 heteroatoms. The Labute approximate surface area is 177 Å². The van der Waals surface area contributed by atoms with Gasteiger partial charge in [-0.15, -0.1) is 0 Å². The van der Waals surface area contributed by atoms with E-state index in [2.05, 4.69) is 10.6 Å².